The number of hydrogen-bond acceptors (Lipinski definition) is 4. The number of rotatable bonds is 1. The third-order valence-corrected chi connectivity index (χ3v) is 3.81. The first-order valence-electron chi connectivity index (χ1n) is 4.62. The van der Waals surface area contributed by atoms with Gasteiger partial charge in [-0.05, 0) is 23.8 Å². The molecule has 0 saturated heterocycles. The fraction of sp³-hybridized carbons (Fsp3) is 0.200. The number of nitrogens with one attached hydrogen (secondary N) is 1. The van der Waals surface area contributed by atoms with Crippen molar-refractivity contribution in [3.63, 3.8) is 0 Å². The first-order valence-corrected chi connectivity index (χ1v) is 6.01. The predicted molar refractivity (Wildman–Crippen MR) is 60.7 cm³/mol. The molecule has 15 heavy (non-hydrogen) atoms. The average molecular weight is 236 g/mol. The standard InChI is InChI=1S/C10H8N2OS2/c14-10-12-11-9(13-10)7-5-15-8-4-2-1-3-6(7)8/h1-4,7H,5H2,(H,12,14). The molecule has 1 unspecified atom stereocenters. The van der Waals surface area contributed by atoms with Gasteiger partial charge in [0.25, 0.3) is 4.84 Å². The molecule has 1 aliphatic heterocycles. The van der Waals surface area contributed by atoms with Crippen LogP contribution >= 0.6 is 24.0 Å². The minimum atomic E-state index is 0.235. The van der Waals surface area contributed by atoms with Gasteiger partial charge in [-0.15, -0.1) is 16.9 Å². The highest BCUT2D eigenvalue weighted by Gasteiger charge is 2.27. The molecule has 2 aromatic rings. The first kappa shape index (κ1) is 9.18. The summed E-state index contributed by atoms with van der Waals surface area (Å²) in [6, 6.07) is 8.34. The lowest BCUT2D eigenvalue weighted by molar-refractivity contribution is 0.470. The molecule has 1 aromatic heterocycles. The van der Waals surface area contributed by atoms with Crippen LogP contribution in [0, 0.1) is 4.84 Å². The van der Waals surface area contributed by atoms with Crippen LogP contribution in [0.4, 0.5) is 0 Å². The third kappa shape index (κ3) is 1.52. The molecule has 0 fully saturated rings. The van der Waals surface area contributed by atoms with E-state index in [2.05, 4.69) is 28.4 Å². The Bertz CT molecular complexity index is 546. The predicted octanol–water partition coefficient (Wildman–Crippen LogP) is 2.97. The van der Waals surface area contributed by atoms with Gasteiger partial charge in [-0.25, -0.2) is 5.10 Å². The Balaban J connectivity index is 2.07. The largest absolute Gasteiger partial charge is 0.413 e. The molecule has 1 aromatic carbocycles. The van der Waals surface area contributed by atoms with E-state index >= 15 is 0 Å². The fourth-order valence-electron chi connectivity index (χ4n) is 1.76. The number of thioether (sulfide) groups is 1. The molecule has 5 heteroatoms. The molecular formula is C10H8N2OS2. The van der Waals surface area contributed by atoms with Gasteiger partial charge < -0.3 is 4.42 Å². The van der Waals surface area contributed by atoms with Crippen LogP contribution in [-0.4, -0.2) is 16.0 Å². The highest BCUT2D eigenvalue weighted by molar-refractivity contribution is 7.99. The summed E-state index contributed by atoms with van der Waals surface area (Å²) < 4.78 is 5.36. The van der Waals surface area contributed by atoms with Crippen LogP contribution < -0.4 is 0 Å². The number of nitrogens with zero attached hydrogens (tertiary/aromatic N) is 1. The minimum Gasteiger partial charge on any atom is -0.413 e. The van der Waals surface area contributed by atoms with Crippen molar-refractivity contribution in [3.05, 3.63) is 40.6 Å². The van der Waals surface area contributed by atoms with E-state index in [-0.39, 0.29) is 5.92 Å². The highest BCUT2D eigenvalue weighted by Crippen LogP contribution is 2.42. The number of benzene rings is 1. The Labute approximate surface area is 95.9 Å². The number of aromatic amines is 1. The van der Waals surface area contributed by atoms with E-state index in [1.807, 2.05) is 17.8 Å². The molecule has 1 aliphatic rings. The molecule has 3 rings (SSSR count). The van der Waals surface area contributed by atoms with Gasteiger partial charge in [0, 0.05) is 10.6 Å². The third-order valence-electron chi connectivity index (χ3n) is 2.45. The summed E-state index contributed by atoms with van der Waals surface area (Å²) >= 11 is 6.71. The molecule has 0 spiro atoms. The summed E-state index contributed by atoms with van der Waals surface area (Å²) in [4.78, 5) is 1.66. The second-order valence-corrected chi connectivity index (χ2v) is 4.79. The van der Waals surface area contributed by atoms with Crippen LogP contribution in [0.25, 0.3) is 0 Å². The zero-order chi connectivity index (χ0) is 10.3. The van der Waals surface area contributed by atoms with Crippen molar-refractivity contribution in [2.24, 2.45) is 0 Å². The molecule has 0 aliphatic carbocycles. The highest BCUT2D eigenvalue weighted by atomic mass is 32.2. The van der Waals surface area contributed by atoms with Crippen LogP contribution in [0.2, 0.25) is 0 Å². The van der Waals surface area contributed by atoms with Crippen molar-refractivity contribution in [1.29, 1.82) is 0 Å². The second kappa shape index (κ2) is 3.50. The van der Waals surface area contributed by atoms with Crippen molar-refractivity contribution in [2.75, 3.05) is 5.75 Å². The Morgan fingerprint density at radius 3 is 3.13 bits per heavy atom. The summed E-state index contributed by atoms with van der Waals surface area (Å²) in [6.45, 7) is 0. The maximum atomic E-state index is 5.36. The van der Waals surface area contributed by atoms with Gasteiger partial charge in [0.05, 0.1) is 5.92 Å². The fourth-order valence-corrected chi connectivity index (χ4v) is 3.11. The van der Waals surface area contributed by atoms with Crippen LogP contribution in [0.5, 0.6) is 0 Å². The molecule has 76 valence electrons. The lowest BCUT2D eigenvalue weighted by Gasteiger charge is -2.03. The van der Waals surface area contributed by atoms with Crippen LogP contribution in [-0.2, 0) is 0 Å². The van der Waals surface area contributed by atoms with Gasteiger partial charge in [0.2, 0.25) is 5.89 Å². The van der Waals surface area contributed by atoms with Crippen molar-refractivity contribution >= 4 is 24.0 Å². The van der Waals surface area contributed by atoms with Gasteiger partial charge in [0.1, 0.15) is 0 Å². The van der Waals surface area contributed by atoms with Crippen molar-refractivity contribution in [2.45, 2.75) is 10.8 Å². The van der Waals surface area contributed by atoms with Crippen LogP contribution in [0.3, 0.4) is 0 Å². The monoisotopic (exact) mass is 236 g/mol. The zero-order valence-electron chi connectivity index (χ0n) is 7.77. The van der Waals surface area contributed by atoms with Crippen LogP contribution in [0.15, 0.2) is 33.6 Å². The molecule has 1 N–H and O–H groups in total. The number of fused-ring (bicyclic) bond motifs is 1. The van der Waals surface area contributed by atoms with Crippen molar-refractivity contribution in [3.8, 4) is 0 Å². The lowest BCUT2D eigenvalue weighted by Crippen LogP contribution is -1.99. The van der Waals surface area contributed by atoms with E-state index in [4.69, 9.17) is 16.6 Å². The first-order chi connectivity index (χ1) is 7.34. The maximum Gasteiger partial charge on any atom is 0.284 e. The Hall–Kier alpha value is -1.07. The summed E-state index contributed by atoms with van der Waals surface area (Å²) in [6.07, 6.45) is 0. The normalized spacial score (nSPS) is 19.1. The molecule has 0 amide bonds. The van der Waals surface area contributed by atoms with Gasteiger partial charge in [-0.1, -0.05) is 18.2 Å². The molecule has 3 nitrogen and oxygen atoms in total. The smallest absolute Gasteiger partial charge is 0.284 e. The quantitative estimate of drug-likeness (QED) is 0.773. The number of H-pyrrole nitrogens is 1. The van der Waals surface area contributed by atoms with Gasteiger partial charge in [0.15, 0.2) is 0 Å². The summed E-state index contributed by atoms with van der Waals surface area (Å²) in [5, 5.41) is 6.75. The van der Waals surface area contributed by atoms with Crippen molar-refractivity contribution in [1.82, 2.24) is 10.2 Å². The summed E-state index contributed by atoms with van der Waals surface area (Å²) in [5.41, 5.74) is 1.28. The molecule has 2 heterocycles. The maximum absolute atomic E-state index is 5.36. The molecular weight excluding hydrogens is 228 g/mol. The van der Waals surface area contributed by atoms with E-state index in [0.717, 1.165) is 5.75 Å². The Kier molecular flexibility index (Phi) is 2.14. The Morgan fingerprint density at radius 2 is 2.33 bits per heavy atom. The van der Waals surface area contributed by atoms with Crippen molar-refractivity contribution < 1.29 is 4.42 Å². The van der Waals surface area contributed by atoms with E-state index in [1.165, 1.54) is 10.5 Å². The van der Waals surface area contributed by atoms with E-state index in [1.54, 1.807) is 0 Å². The molecule has 0 radical (unpaired) electrons. The van der Waals surface area contributed by atoms with E-state index < -0.39 is 0 Å². The number of hydrogen-bond donors (Lipinski definition) is 1. The topological polar surface area (TPSA) is 41.8 Å². The zero-order valence-corrected chi connectivity index (χ0v) is 9.40. The van der Waals surface area contributed by atoms with Gasteiger partial charge in [-0.2, -0.15) is 0 Å². The van der Waals surface area contributed by atoms with E-state index in [9.17, 15) is 0 Å². The molecule has 0 saturated carbocycles. The second-order valence-electron chi connectivity index (χ2n) is 3.35. The summed E-state index contributed by atoms with van der Waals surface area (Å²) in [7, 11) is 0. The SMILES string of the molecule is S=c1[nH]nc(C2CSc3ccccc32)o1. The van der Waals surface area contributed by atoms with Gasteiger partial charge in [-0.3, -0.25) is 0 Å². The lowest BCUT2D eigenvalue weighted by atomic mass is 10.0. The minimum absolute atomic E-state index is 0.235. The molecule has 0 bridgehead atoms. The molecule has 1 atom stereocenters. The summed E-state index contributed by atoms with van der Waals surface area (Å²) in [5.74, 6) is 1.90. The average Bonchev–Trinajstić information content (AvgIpc) is 2.83. The number of aromatic nitrogens is 2. The van der Waals surface area contributed by atoms with Crippen LogP contribution in [0.1, 0.15) is 17.4 Å². The Morgan fingerprint density at radius 1 is 1.47 bits per heavy atom. The van der Waals surface area contributed by atoms with E-state index in [0.29, 0.717) is 10.7 Å². The van der Waals surface area contributed by atoms with Gasteiger partial charge >= 0.3 is 0 Å².